The number of methoxy groups -OCH3 is 1. The van der Waals surface area contributed by atoms with E-state index in [1.807, 2.05) is 0 Å². The van der Waals surface area contributed by atoms with Gasteiger partial charge >= 0.3 is 0 Å². The number of carbonyl (C=O) groups excluding carboxylic acids is 2. The van der Waals surface area contributed by atoms with Gasteiger partial charge in [0.05, 0.1) is 17.7 Å². The van der Waals surface area contributed by atoms with E-state index in [9.17, 15) is 9.59 Å². The summed E-state index contributed by atoms with van der Waals surface area (Å²) in [4.78, 5) is 24.8. The molecule has 0 aliphatic carbocycles. The van der Waals surface area contributed by atoms with Crippen LogP contribution in [-0.2, 0) is 4.74 Å². The minimum atomic E-state index is -0.268. The molecule has 6 nitrogen and oxygen atoms in total. The highest BCUT2D eigenvalue weighted by Gasteiger charge is 2.17. The van der Waals surface area contributed by atoms with Crippen molar-refractivity contribution in [1.82, 2.24) is 5.32 Å². The molecule has 0 radical (unpaired) electrons. The number of ether oxygens (including phenoxy) is 2. The molecule has 0 bridgehead atoms. The molecule has 3 rings (SSSR count). The summed E-state index contributed by atoms with van der Waals surface area (Å²) in [5.74, 6) is 0.195. The van der Waals surface area contributed by atoms with Gasteiger partial charge in [0.1, 0.15) is 5.75 Å². The predicted octanol–water partition coefficient (Wildman–Crippen LogP) is 3.62. The SMILES string of the molecule is COc1ccc(C(=O)Nc2cccc(C(=O)NC[C@H]3CCCO3)c2)cc1Br. The summed E-state index contributed by atoms with van der Waals surface area (Å²) in [7, 11) is 1.56. The second kappa shape index (κ2) is 9.01. The van der Waals surface area contributed by atoms with Crippen LogP contribution >= 0.6 is 15.9 Å². The maximum absolute atomic E-state index is 12.5. The molecule has 1 saturated heterocycles. The van der Waals surface area contributed by atoms with E-state index in [2.05, 4.69) is 26.6 Å². The molecule has 27 heavy (non-hydrogen) atoms. The van der Waals surface area contributed by atoms with Gasteiger partial charge in [-0.05, 0) is 65.2 Å². The summed E-state index contributed by atoms with van der Waals surface area (Å²) < 4.78 is 11.4. The highest BCUT2D eigenvalue weighted by Crippen LogP contribution is 2.26. The third-order valence-corrected chi connectivity index (χ3v) is 4.93. The van der Waals surface area contributed by atoms with Crippen molar-refractivity contribution in [2.75, 3.05) is 25.6 Å². The first kappa shape index (κ1) is 19.4. The van der Waals surface area contributed by atoms with Gasteiger partial charge in [-0.3, -0.25) is 9.59 Å². The van der Waals surface area contributed by atoms with E-state index in [4.69, 9.17) is 9.47 Å². The normalized spacial score (nSPS) is 16.0. The maximum Gasteiger partial charge on any atom is 0.255 e. The van der Waals surface area contributed by atoms with Crippen molar-refractivity contribution in [3.05, 3.63) is 58.1 Å². The highest BCUT2D eigenvalue weighted by atomic mass is 79.9. The van der Waals surface area contributed by atoms with E-state index in [-0.39, 0.29) is 17.9 Å². The van der Waals surface area contributed by atoms with E-state index in [0.717, 1.165) is 19.4 Å². The van der Waals surface area contributed by atoms with Crippen LogP contribution in [0, 0.1) is 0 Å². The lowest BCUT2D eigenvalue weighted by Gasteiger charge is -2.12. The number of halogens is 1. The Morgan fingerprint density at radius 2 is 2.00 bits per heavy atom. The van der Waals surface area contributed by atoms with E-state index in [0.29, 0.717) is 33.6 Å². The highest BCUT2D eigenvalue weighted by molar-refractivity contribution is 9.10. The molecule has 2 amide bonds. The third-order valence-electron chi connectivity index (χ3n) is 4.31. The molecule has 1 aliphatic heterocycles. The molecule has 142 valence electrons. The Morgan fingerprint density at radius 3 is 2.70 bits per heavy atom. The number of amides is 2. The number of benzene rings is 2. The Morgan fingerprint density at radius 1 is 1.19 bits per heavy atom. The molecule has 0 unspecified atom stereocenters. The van der Waals surface area contributed by atoms with Crippen LogP contribution in [0.2, 0.25) is 0 Å². The van der Waals surface area contributed by atoms with Crippen molar-refractivity contribution in [2.45, 2.75) is 18.9 Å². The number of hydrogen-bond donors (Lipinski definition) is 2. The average molecular weight is 433 g/mol. The van der Waals surface area contributed by atoms with Crippen LogP contribution < -0.4 is 15.4 Å². The zero-order valence-corrected chi connectivity index (χ0v) is 16.5. The number of rotatable bonds is 6. The molecule has 1 heterocycles. The molecular weight excluding hydrogens is 412 g/mol. The molecule has 1 atom stereocenters. The van der Waals surface area contributed by atoms with Crippen LogP contribution in [0.25, 0.3) is 0 Å². The summed E-state index contributed by atoms with van der Waals surface area (Å²) in [6.07, 6.45) is 2.09. The molecule has 0 aromatic heterocycles. The fourth-order valence-electron chi connectivity index (χ4n) is 2.86. The molecule has 7 heteroatoms. The number of anilines is 1. The first-order valence-electron chi connectivity index (χ1n) is 8.71. The predicted molar refractivity (Wildman–Crippen MR) is 106 cm³/mol. The zero-order chi connectivity index (χ0) is 19.2. The van der Waals surface area contributed by atoms with Crippen LogP contribution in [0.3, 0.4) is 0 Å². The smallest absolute Gasteiger partial charge is 0.255 e. The fourth-order valence-corrected chi connectivity index (χ4v) is 3.40. The van der Waals surface area contributed by atoms with Crippen molar-refractivity contribution < 1.29 is 19.1 Å². The average Bonchev–Trinajstić information content (AvgIpc) is 3.20. The van der Waals surface area contributed by atoms with Crippen LogP contribution in [0.1, 0.15) is 33.6 Å². The number of nitrogens with one attached hydrogen (secondary N) is 2. The molecule has 1 aliphatic rings. The van der Waals surface area contributed by atoms with Gasteiger partial charge in [0.2, 0.25) is 0 Å². The van der Waals surface area contributed by atoms with Crippen LogP contribution in [0.4, 0.5) is 5.69 Å². The Bertz CT molecular complexity index is 834. The Kier molecular flexibility index (Phi) is 6.47. The minimum absolute atomic E-state index is 0.0883. The summed E-state index contributed by atoms with van der Waals surface area (Å²) in [6.45, 7) is 1.25. The zero-order valence-electron chi connectivity index (χ0n) is 15.0. The Hall–Kier alpha value is -2.38. The second-order valence-electron chi connectivity index (χ2n) is 6.23. The van der Waals surface area contributed by atoms with Crippen molar-refractivity contribution in [3.8, 4) is 5.75 Å². The van der Waals surface area contributed by atoms with E-state index in [1.54, 1.807) is 49.6 Å². The van der Waals surface area contributed by atoms with Crippen molar-refractivity contribution >= 4 is 33.4 Å². The molecule has 1 fully saturated rings. The fraction of sp³-hybridized carbons (Fsp3) is 0.300. The van der Waals surface area contributed by atoms with Gasteiger partial charge in [0.25, 0.3) is 11.8 Å². The molecule has 0 saturated carbocycles. The summed E-state index contributed by atoms with van der Waals surface area (Å²) in [6, 6.07) is 11.9. The number of carbonyl (C=O) groups is 2. The van der Waals surface area contributed by atoms with E-state index >= 15 is 0 Å². The van der Waals surface area contributed by atoms with Crippen molar-refractivity contribution in [2.24, 2.45) is 0 Å². The van der Waals surface area contributed by atoms with Gasteiger partial charge in [0.15, 0.2) is 0 Å². The van der Waals surface area contributed by atoms with E-state index in [1.165, 1.54) is 0 Å². The molecule has 2 N–H and O–H groups in total. The maximum atomic E-state index is 12.5. The second-order valence-corrected chi connectivity index (χ2v) is 7.08. The number of hydrogen-bond acceptors (Lipinski definition) is 4. The minimum Gasteiger partial charge on any atom is -0.496 e. The van der Waals surface area contributed by atoms with Crippen molar-refractivity contribution in [1.29, 1.82) is 0 Å². The van der Waals surface area contributed by atoms with Crippen LogP contribution in [0.5, 0.6) is 5.75 Å². The summed E-state index contributed by atoms with van der Waals surface area (Å²) >= 11 is 3.37. The van der Waals surface area contributed by atoms with Gasteiger partial charge in [-0.15, -0.1) is 0 Å². The van der Waals surface area contributed by atoms with Crippen molar-refractivity contribution in [3.63, 3.8) is 0 Å². The lowest BCUT2D eigenvalue weighted by Crippen LogP contribution is -2.31. The lowest BCUT2D eigenvalue weighted by atomic mass is 10.1. The van der Waals surface area contributed by atoms with Gasteiger partial charge in [0, 0.05) is 30.0 Å². The van der Waals surface area contributed by atoms with Gasteiger partial charge in [-0.25, -0.2) is 0 Å². The van der Waals surface area contributed by atoms with E-state index < -0.39 is 0 Å². The van der Waals surface area contributed by atoms with Gasteiger partial charge < -0.3 is 20.1 Å². The molecule has 2 aromatic rings. The third kappa shape index (κ3) is 5.08. The van der Waals surface area contributed by atoms with Crippen LogP contribution in [0.15, 0.2) is 46.9 Å². The largest absolute Gasteiger partial charge is 0.496 e. The quantitative estimate of drug-likeness (QED) is 0.730. The molecule has 2 aromatic carbocycles. The summed E-state index contributed by atoms with van der Waals surface area (Å²) in [5, 5.41) is 5.69. The molecule has 0 spiro atoms. The Labute approximate surface area is 166 Å². The first-order valence-corrected chi connectivity index (χ1v) is 9.51. The van der Waals surface area contributed by atoms with Gasteiger partial charge in [-0.2, -0.15) is 0 Å². The monoisotopic (exact) mass is 432 g/mol. The van der Waals surface area contributed by atoms with Crippen LogP contribution in [-0.4, -0.2) is 38.2 Å². The topological polar surface area (TPSA) is 76.7 Å². The first-order chi connectivity index (χ1) is 13.1. The Balaban J connectivity index is 1.63. The lowest BCUT2D eigenvalue weighted by molar-refractivity contribution is 0.0857. The molecular formula is C20H21BrN2O4. The standard InChI is InChI=1S/C20H21BrN2O4/c1-26-18-8-7-14(11-17(18)21)20(25)23-15-5-2-4-13(10-15)19(24)22-12-16-6-3-9-27-16/h2,4-5,7-8,10-11,16H,3,6,9,12H2,1H3,(H,22,24)(H,23,25)/t16-/m1/s1. The van der Waals surface area contributed by atoms with Gasteiger partial charge in [-0.1, -0.05) is 6.07 Å². The summed E-state index contributed by atoms with van der Waals surface area (Å²) in [5.41, 5.74) is 1.52.